The van der Waals surface area contributed by atoms with Crippen LogP contribution < -0.4 is 15.4 Å². The van der Waals surface area contributed by atoms with E-state index in [2.05, 4.69) is 39.7 Å². The molecule has 1 heterocycles. The first kappa shape index (κ1) is 19.4. The number of carbonyl (C=O) groups excluding carboxylic acids is 1. The number of hydrogen-bond donors (Lipinski definition) is 2. The summed E-state index contributed by atoms with van der Waals surface area (Å²) in [6.45, 7) is 6.29. The highest BCUT2D eigenvalue weighted by Crippen LogP contribution is 2.24. The zero-order chi connectivity index (χ0) is 19.9. The van der Waals surface area contributed by atoms with E-state index in [9.17, 15) is 4.79 Å². The zero-order valence-corrected chi connectivity index (χ0v) is 16.3. The van der Waals surface area contributed by atoms with Gasteiger partial charge >= 0.3 is 0 Å². The second-order valence-corrected chi connectivity index (χ2v) is 6.24. The lowest BCUT2D eigenvalue weighted by molar-refractivity contribution is 0.102. The molecule has 0 aliphatic heterocycles. The van der Waals surface area contributed by atoms with Crippen LogP contribution in [0.5, 0.6) is 5.75 Å². The third-order valence-corrected chi connectivity index (χ3v) is 4.14. The van der Waals surface area contributed by atoms with Crippen LogP contribution in [0.3, 0.4) is 0 Å². The van der Waals surface area contributed by atoms with E-state index < -0.39 is 0 Å². The first-order valence-corrected chi connectivity index (χ1v) is 9.34. The quantitative estimate of drug-likeness (QED) is 0.623. The molecule has 0 spiro atoms. The van der Waals surface area contributed by atoms with Crippen molar-refractivity contribution in [3.63, 3.8) is 0 Å². The molecule has 0 bridgehead atoms. The lowest BCUT2D eigenvalue weighted by atomic mass is 10.1. The summed E-state index contributed by atoms with van der Waals surface area (Å²) in [5, 5.41) is 6.09. The number of benzene rings is 2. The SMILES string of the molecule is CCOc1ccccc1NC(=O)c1cc(Nc2ccc(CC)cc2)nc(C)n1. The summed E-state index contributed by atoms with van der Waals surface area (Å²) in [6.07, 6.45) is 0.987. The van der Waals surface area contributed by atoms with E-state index in [1.54, 1.807) is 19.1 Å². The van der Waals surface area contributed by atoms with Gasteiger partial charge in [-0.3, -0.25) is 4.79 Å². The van der Waals surface area contributed by atoms with Gasteiger partial charge in [0.2, 0.25) is 0 Å². The van der Waals surface area contributed by atoms with Gasteiger partial charge in [-0.05, 0) is 50.1 Å². The van der Waals surface area contributed by atoms with Crippen molar-refractivity contribution >= 4 is 23.1 Å². The number of amides is 1. The van der Waals surface area contributed by atoms with Crippen LogP contribution in [0.4, 0.5) is 17.2 Å². The lowest BCUT2D eigenvalue weighted by Gasteiger charge is -2.12. The van der Waals surface area contributed by atoms with Gasteiger partial charge in [0.1, 0.15) is 23.1 Å². The highest BCUT2D eigenvalue weighted by Gasteiger charge is 2.13. The van der Waals surface area contributed by atoms with E-state index in [-0.39, 0.29) is 11.6 Å². The van der Waals surface area contributed by atoms with Gasteiger partial charge in [-0.25, -0.2) is 9.97 Å². The molecule has 0 aliphatic carbocycles. The fourth-order valence-electron chi connectivity index (χ4n) is 2.76. The van der Waals surface area contributed by atoms with Gasteiger partial charge in [-0.1, -0.05) is 31.2 Å². The van der Waals surface area contributed by atoms with Crippen molar-refractivity contribution in [2.75, 3.05) is 17.2 Å². The Hall–Kier alpha value is -3.41. The van der Waals surface area contributed by atoms with Crippen LogP contribution >= 0.6 is 0 Å². The number of hydrogen-bond acceptors (Lipinski definition) is 5. The summed E-state index contributed by atoms with van der Waals surface area (Å²) < 4.78 is 5.56. The molecule has 0 fully saturated rings. The van der Waals surface area contributed by atoms with Crippen LogP contribution in [0.2, 0.25) is 0 Å². The zero-order valence-electron chi connectivity index (χ0n) is 16.3. The number of anilines is 3. The van der Waals surface area contributed by atoms with Crippen LogP contribution in [0.25, 0.3) is 0 Å². The predicted molar refractivity (Wildman–Crippen MR) is 111 cm³/mol. The Morgan fingerprint density at radius 3 is 2.50 bits per heavy atom. The molecular weight excluding hydrogens is 352 g/mol. The molecule has 2 aromatic carbocycles. The molecule has 0 saturated carbocycles. The minimum atomic E-state index is -0.318. The first-order chi connectivity index (χ1) is 13.6. The molecule has 0 unspecified atom stereocenters. The lowest BCUT2D eigenvalue weighted by Crippen LogP contribution is -2.16. The number of para-hydroxylation sites is 2. The summed E-state index contributed by atoms with van der Waals surface area (Å²) in [5.41, 5.74) is 3.06. The largest absolute Gasteiger partial charge is 0.492 e. The van der Waals surface area contributed by atoms with E-state index in [4.69, 9.17) is 4.74 Å². The smallest absolute Gasteiger partial charge is 0.274 e. The Morgan fingerprint density at radius 1 is 1.04 bits per heavy atom. The van der Waals surface area contributed by atoms with Crippen LogP contribution in [0, 0.1) is 6.92 Å². The number of aromatic nitrogens is 2. The maximum absolute atomic E-state index is 12.7. The molecule has 0 radical (unpaired) electrons. The summed E-state index contributed by atoms with van der Waals surface area (Å²) >= 11 is 0. The monoisotopic (exact) mass is 376 g/mol. The number of aryl methyl sites for hydroxylation is 2. The molecule has 1 amide bonds. The molecule has 6 heteroatoms. The minimum absolute atomic E-state index is 0.284. The third kappa shape index (κ3) is 4.85. The van der Waals surface area contributed by atoms with E-state index in [1.807, 2.05) is 37.3 Å². The van der Waals surface area contributed by atoms with Gasteiger partial charge in [-0.2, -0.15) is 0 Å². The van der Waals surface area contributed by atoms with Crippen molar-refractivity contribution in [3.8, 4) is 5.75 Å². The average Bonchev–Trinajstić information content (AvgIpc) is 2.70. The molecular formula is C22H24N4O2. The molecule has 144 valence electrons. The summed E-state index contributed by atoms with van der Waals surface area (Å²) in [7, 11) is 0. The Bertz CT molecular complexity index is 955. The Morgan fingerprint density at radius 2 is 1.79 bits per heavy atom. The van der Waals surface area contributed by atoms with E-state index in [1.165, 1.54) is 5.56 Å². The molecule has 3 rings (SSSR count). The molecule has 2 N–H and O–H groups in total. The normalized spacial score (nSPS) is 10.4. The second-order valence-electron chi connectivity index (χ2n) is 6.24. The summed E-state index contributed by atoms with van der Waals surface area (Å²) in [5.74, 6) is 1.39. The highest BCUT2D eigenvalue weighted by atomic mass is 16.5. The summed E-state index contributed by atoms with van der Waals surface area (Å²) in [6, 6.07) is 17.1. The molecule has 0 atom stereocenters. The highest BCUT2D eigenvalue weighted by molar-refractivity contribution is 6.04. The number of carbonyl (C=O) groups is 1. The van der Waals surface area contributed by atoms with Crippen molar-refractivity contribution in [1.82, 2.24) is 9.97 Å². The van der Waals surface area contributed by atoms with Gasteiger partial charge < -0.3 is 15.4 Å². The topological polar surface area (TPSA) is 76.1 Å². The molecule has 0 saturated heterocycles. The van der Waals surface area contributed by atoms with E-state index in [0.29, 0.717) is 29.7 Å². The van der Waals surface area contributed by atoms with Crippen LogP contribution in [0.15, 0.2) is 54.6 Å². The van der Waals surface area contributed by atoms with Crippen molar-refractivity contribution in [1.29, 1.82) is 0 Å². The standard InChI is InChI=1S/C22H24N4O2/c1-4-16-10-12-17(13-11-16)25-21-14-19(23-15(3)24-21)22(27)26-18-8-6-7-9-20(18)28-5-2/h6-14H,4-5H2,1-3H3,(H,26,27)(H,23,24,25). The van der Waals surface area contributed by atoms with Gasteiger partial charge in [0, 0.05) is 11.8 Å². The van der Waals surface area contributed by atoms with E-state index >= 15 is 0 Å². The fourth-order valence-corrected chi connectivity index (χ4v) is 2.76. The second kappa shape index (κ2) is 8.99. The first-order valence-electron chi connectivity index (χ1n) is 9.34. The van der Waals surface area contributed by atoms with Gasteiger partial charge in [0.25, 0.3) is 5.91 Å². The number of nitrogens with zero attached hydrogens (tertiary/aromatic N) is 2. The number of rotatable bonds is 7. The van der Waals surface area contributed by atoms with Crippen LogP contribution in [0.1, 0.15) is 35.7 Å². The maximum atomic E-state index is 12.7. The average molecular weight is 376 g/mol. The van der Waals surface area contributed by atoms with Gasteiger partial charge in [0.05, 0.1) is 12.3 Å². The molecule has 6 nitrogen and oxygen atoms in total. The van der Waals surface area contributed by atoms with Crippen LogP contribution in [-0.2, 0) is 6.42 Å². The Labute approximate surface area is 165 Å². The van der Waals surface area contributed by atoms with Crippen molar-refractivity contribution in [2.45, 2.75) is 27.2 Å². The van der Waals surface area contributed by atoms with Gasteiger partial charge in [-0.15, -0.1) is 0 Å². The molecule has 1 aromatic heterocycles. The predicted octanol–water partition coefficient (Wildman–Crippen LogP) is 4.74. The van der Waals surface area contributed by atoms with Crippen molar-refractivity contribution in [3.05, 3.63) is 71.7 Å². The van der Waals surface area contributed by atoms with Crippen LogP contribution in [-0.4, -0.2) is 22.5 Å². The fraction of sp³-hybridized carbons (Fsp3) is 0.227. The molecule has 3 aromatic rings. The number of nitrogens with one attached hydrogen (secondary N) is 2. The molecule has 0 aliphatic rings. The minimum Gasteiger partial charge on any atom is -0.492 e. The Balaban J connectivity index is 1.79. The van der Waals surface area contributed by atoms with E-state index in [0.717, 1.165) is 12.1 Å². The third-order valence-electron chi connectivity index (χ3n) is 4.14. The van der Waals surface area contributed by atoms with Crippen molar-refractivity contribution in [2.24, 2.45) is 0 Å². The number of ether oxygens (including phenoxy) is 1. The Kier molecular flexibility index (Phi) is 6.22. The molecule has 28 heavy (non-hydrogen) atoms. The summed E-state index contributed by atoms with van der Waals surface area (Å²) in [4.78, 5) is 21.4. The van der Waals surface area contributed by atoms with Gasteiger partial charge in [0.15, 0.2) is 0 Å². The maximum Gasteiger partial charge on any atom is 0.274 e. The van der Waals surface area contributed by atoms with Crippen molar-refractivity contribution < 1.29 is 9.53 Å².